The molecule has 0 N–H and O–H groups in total. The average molecular weight is 269 g/mol. The van der Waals surface area contributed by atoms with E-state index in [1.54, 1.807) is 0 Å². The number of ketones is 1. The van der Waals surface area contributed by atoms with Crippen molar-refractivity contribution in [3.05, 3.63) is 35.4 Å². The molecule has 0 aliphatic heterocycles. The molecule has 0 aliphatic rings. The summed E-state index contributed by atoms with van der Waals surface area (Å²) in [6.45, 7) is 2.07. The molecule has 1 nitrogen and oxygen atoms in total. The standard InChI is InChI=1S/C13H17BrO/c1-11-4-6-12(7-5-11)8-9-13(15)3-2-10-14/h4-7H,2-3,8-10H2,1H3. The number of halogens is 1. The maximum atomic E-state index is 11.4. The number of rotatable bonds is 6. The normalized spacial score (nSPS) is 10.3. The third-order valence-corrected chi connectivity index (χ3v) is 2.96. The number of hydrogen-bond donors (Lipinski definition) is 0. The van der Waals surface area contributed by atoms with Crippen molar-refractivity contribution in [2.24, 2.45) is 0 Å². The van der Waals surface area contributed by atoms with Crippen LogP contribution < -0.4 is 0 Å². The molecule has 82 valence electrons. The Bertz CT molecular complexity index is 303. The topological polar surface area (TPSA) is 17.1 Å². The highest BCUT2D eigenvalue weighted by atomic mass is 79.9. The van der Waals surface area contributed by atoms with Crippen LogP contribution in [0, 0.1) is 6.92 Å². The third-order valence-electron chi connectivity index (χ3n) is 2.40. The first-order valence-electron chi connectivity index (χ1n) is 5.35. The van der Waals surface area contributed by atoms with Crippen LogP contribution in [0.2, 0.25) is 0 Å². The second-order valence-electron chi connectivity index (χ2n) is 3.82. The van der Waals surface area contributed by atoms with Crippen LogP contribution in [-0.4, -0.2) is 11.1 Å². The maximum Gasteiger partial charge on any atom is 0.133 e. The average Bonchev–Trinajstić information content (AvgIpc) is 2.25. The van der Waals surface area contributed by atoms with Gasteiger partial charge in [0, 0.05) is 18.2 Å². The van der Waals surface area contributed by atoms with E-state index in [4.69, 9.17) is 0 Å². The Kier molecular flexibility index (Phi) is 5.62. The molecule has 0 amide bonds. The van der Waals surface area contributed by atoms with Crippen molar-refractivity contribution >= 4 is 21.7 Å². The van der Waals surface area contributed by atoms with Gasteiger partial charge in [0.05, 0.1) is 0 Å². The van der Waals surface area contributed by atoms with E-state index in [2.05, 4.69) is 47.1 Å². The van der Waals surface area contributed by atoms with E-state index in [0.717, 1.165) is 18.2 Å². The lowest BCUT2D eigenvalue weighted by Gasteiger charge is -2.01. The van der Waals surface area contributed by atoms with Gasteiger partial charge in [-0.15, -0.1) is 0 Å². The van der Waals surface area contributed by atoms with Gasteiger partial charge in [-0.25, -0.2) is 0 Å². The SMILES string of the molecule is Cc1ccc(CCC(=O)CCCBr)cc1. The first-order chi connectivity index (χ1) is 7.22. The molecule has 0 heterocycles. The van der Waals surface area contributed by atoms with Gasteiger partial charge >= 0.3 is 0 Å². The number of aryl methyl sites for hydroxylation is 2. The fourth-order valence-electron chi connectivity index (χ4n) is 1.43. The van der Waals surface area contributed by atoms with Crippen LogP contribution in [0.1, 0.15) is 30.4 Å². The van der Waals surface area contributed by atoms with Crippen molar-refractivity contribution < 1.29 is 4.79 Å². The lowest BCUT2D eigenvalue weighted by molar-refractivity contribution is -0.119. The van der Waals surface area contributed by atoms with Crippen molar-refractivity contribution in [1.29, 1.82) is 0 Å². The molecular weight excluding hydrogens is 252 g/mol. The molecular formula is C13H17BrO. The molecule has 15 heavy (non-hydrogen) atoms. The molecule has 1 aromatic carbocycles. The quantitative estimate of drug-likeness (QED) is 0.720. The Labute approximate surface area is 100 Å². The number of Topliss-reactive ketones (excluding diaryl/α,β-unsaturated/α-hetero) is 1. The first-order valence-corrected chi connectivity index (χ1v) is 6.47. The van der Waals surface area contributed by atoms with Gasteiger partial charge in [-0.05, 0) is 25.3 Å². The van der Waals surface area contributed by atoms with Crippen LogP contribution in [0.15, 0.2) is 24.3 Å². The van der Waals surface area contributed by atoms with Crippen LogP contribution >= 0.6 is 15.9 Å². The van der Waals surface area contributed by atoms with Crippen LogP contribution in [0.25, 0.3) is 0 Å². The minimum Gasteiger partial charge on any atom is -0.300 e. The molecule has 0 saturated carbocycles. The number of hydrogen-bond acceptors (Lipinski definition) is 1. The summed E-state index contributed by atoms with van der Waals surface area (Å²) in [7, 11) is 0. The monoisotopic (exact) mass is 268 g/mol. The zero-order valence-corrected chi connectivity index (χ0v) is 10.7. The van der Waals surface area contributed by atoms with Crippen LogP contribution in [-0.2, 0) is 11.2 Å². The molecule has 0 bridgehead atoms. The predicted molar refractivity (Wildman–Crippen MR) is 67.5 cm³/mol. The van der Waals surface area contributed by atoms with Gasteiger partial charge in [-0.3, -0.25) is 4.79 Å². The van der Waals surface area contributed by atoms with Crippen LogP contribution in [0.4, 0.5) is 0 Å². The largest absolute Gasteiger partial charge is 0.300 e. The van der Waals surface area contributed by atoms with Gasteiger partial charge in [0.25, 0.3) is 0 Å². The van der Waals surface area contributed by atoms with Gasteiger partial charge in [0.2, 0.25) is 0 Å². The van der Waals surface area contributed by atoms with Crippen LogP contribution in [0.3, 0.4) is 0 Å². The first kappa shape index (κ1) is 12.4. The van der Waals surface area contributed by atoms with Crippen molar-refractivity contribution in [2.45, 2.75) is 32.6 Å². The van der Waals surface area contributed by atoms with E-state index in [9.17, 15) is 4.79 Å². The van der Waals surface area contributed by atoms with Gasteiger partial charge in [0.15, 0.2) is 0 Å². The molecule has 2 heteroatoms. The number of carbonyl (C=O) groups is 1. The molecule has 0 radical (unpaired) electrons. The highest BCUT2D eigenvalue weighted by molar-refractivity contribution is 9.09. The number of carbonyl (C=O) groups excluding carboxylic acids is 1. The minimum atomic E-state index is 0.370. The smallest absolute Gasteiger partial charge is 0.133 e. The number of benzene rings is 1. The Morgan fingerprint density at radius 2 is 1.87 bits per heavy atom. The third kappa shape index (κ3) is 5.12. The molecule has 0 aliphatic carbocycles. The van der Waals surface area contributed by atoms with E-state index in [1.165, 1.54) is 11.1 Å². The van der Waals surface area contributed by atoms with E-state index in [-0.39, 0.29) is 0 Å². The fourth-order valence-corrected chi connectivity index (χ4v) is 1.71. The summed E-state index contributed by atoms with van der Waals surface area (Å²) < 4.78 is 0. The highest BCUT2D eigenvalue weighted by Gasteiger charge is 2.01. The summed E-state index contributed by atoms with van der Waals surface area (Å²) in [6.07, 6.45) is 3.21. The lowest BCUT2D eigenvalue weighted by atomic mass is 10.0. The zero-order chi connectivity index (χ0) is 11.1. The van der Waals surface area contributed by atoms with Crippen LogP contribution in [0.5, 0.6) is 0 Å². The zero-order valence-electron chi connectivity index (χ0n) is 9.13. The van der Waals surface area contributed by atoms with E-state index < -0.39 is 0 Å². The summed E-state index contributed by atoms with van der Waals surface area (Å²) in [6, 6.07) is 8.40. The Hall–Kier alpha value is -0.630. The van der Waals surface area contributed by atoms with E-state index in [0.29, 0.717) is 18.6 Å². The summed E-state index contributed by atoms with van der Waals surface area (Å²) in [5.41, 5.74) is 2.53. The molecule has 0 unspecified atom stereocenters. The fraction of sp³-hybridized carbons (Fsp3) is 0.462. The Morgan fingerprint density at radius 1 is 1.20 bits per heavy atom. The highest BCUT2D eigenvalue weighted by Crippen LogP contribution is 2.07. The summed E-state index contributed by atoms with van der Waals surface area (Å²) in [4.78, 5) is 11.4. The predicted octanol–water partition coefficient (Wildman–Crippen LogP) is 3.67. The summed E-state index contributed by atoms with van der Waals surface area (Å²) in [5.74, 6) is 0.370. The summed E-state index contributed by atoms with van der Waals surface area (Å²) >= 11 is 3.33. The molecule has 1 aromatic rings. The second kappa shape index (κ2) is 6.78. The summed E-state index contributed by atoms with van der Waals surface area (Å²) in [5, 5.41) is 0.920. The second-order valence-corrected chi connectivity index (χ2v) is 4.61. The molecule has 0 saturated heterocycles. The van der Waals surface area contributed by atoms with Gasteiger partial charge in [0.1, 0.15) is 5.78 Å². The molecule has 1 rings (SSSR count). The van der Waals surface area contributed by atoms with Crippen molar-refractivity contribution in [2.75, 3.05) is 5.33 Å². The Morgan fingerprint density at radius 3 is 2.47 bits per heavy atom. The Balaban J connectivity index is 2.30. The molecule has 0 spiro atoms. The van der Waals surface area contributed by atoms with Crippen molar-refractivity contribution in [3.63, 3.8) is 0 Å². The molecule has 0 fully saturated rings. The van der Waals surface area contributed by atoms with Gasteiger partial charge in [-0.1, -0.05) is 45.8 Å². The number of alkyl halides is 1. The van der Waals surface area contributed by atoms with Gasteiger partial charge < -0.3 is 0 Å². The maximum absolute atomic E-state index is 11.4. The van der Waals surface area contributed by atoms with E-state index >= 15 is 0 Å². The lowest BCUT2D eigenvalue weighted by Crippen LogP contribution is -2.00. The van der Waals surface area contributed by atoms with E-state index in [1.807, 2.05) is 0 Å². The molecule has 0 atom stereocenters. The molecule has 0 aromatic heterocycles. The minimum absolute atomic E-state index is 0.370. The van der Waals surface area contributed by atoms with Gasteiger partial charge in [-0.2, -0.15) is 0 Å². The van der Waals surface area contributed by atoms with Crippen molar-refractivity contribution in [3.8, 4) is 0 Å². The van der Waals surface area contributed by atoms with Crippen molar-refractivity contribution in [1.82, 2.24) is 0 Å².